The highest BCUT2D eigenvalue weighted by Gasteiger charge is 2.51. The molecule has 2 heterocycles. The zero-order valence-electron chi connectivity index (χ0n) is 65.6. The predicted molar refractivity (Wildman–Crippen MR) is 424 cm³/mol. The highest BCUT2D eigenvalue weighted by molar-refractivity contribution is 5.76. The maximum Gasteiger partial charge on any atom is 0.220 e. The second-order valence-corrected chi connectivity index (χ2v) is 30.3. The lowest BCUT2D eigenvalue weighted by Gasteiger charge is -2.46. The quantitative estimate of drug-likeness (QED) is 0.0204. The Hall–Kier alpha value is -2.57. The van der Waals surface area contributed by atoms with Gasteiger partial charge in [0.1, 0.15) is 48.8 Å². The monoisotopic (exact) mass is 1440 g/mol. The van der Waals surface area contributed by atoms with Crippen LogP contribution in [0.3, 0.4) is 0 Å². The molecule has 596 valence electrons. The molecular formula is C88H161NO13. The zero-order valence-corrected chi connectivity index (χ0v) is 65.6. The number of aliphatic hydroxyl groups excluding tert-OH is 8. The van der Waals surface area contributed by atoms with E-state index in [1.54, 1.807) is 0 Å². The minimum atomic E-state index is -1.78. The Bertz CT molecular complexity index is 1990. The summed E-state index contributed by atoms with van der Waals surface area (Å²) in [4.78, 5) is 13.4. The summed E-state index contributed by atoms with van der Waals surface area (Å²) < 4.78 is 23.0. The number of ether oxygens (including phenoxy) is 4. The summed E-state index contributed by atoms with van der Waals surface area (Å²) in [7, 11) is 0. The lowest BCUT2D eigenvalue weighted by molar-refractivity contribution is -0.359. The van der Waals surface area contributed by atoms with E-state index in [4.69, 9.17) is 18.9 Å². The van der Waals surface area contributed by atoms with Crippen LogP contribution in [0.1, 0.15) is 386 Å². The van der Waals surface area contributed by atoms with Gasteiger partial charge in [0.25, 0.3) is 0 Å². The fraction of sp³-hybridized carbons (Fsp3) is 0.852. The molecule has 2 rings (SSSR count). The molecule has 0 radical (unpaired) electrons. The summed E-state index contributed by atoms with van der Waals surface area (Å²) in [6.45, 7) is 2.81. The summed E-state index contributed by atoms with van der Waals surface area (Å²) in [6, 6.07) is -0.831. The molecule has 0 spiro atoms. The van der Waals surface area contributed by atoms with Gasteiger partial charge in [-0.1, -0.05) is 389 Å². The Labute approximate surface area is 625 Å². The van der Waals surface area contributed by atoms with Crippen LogP contribution in [0.5, 0.6) is 0 Å². The first-order chi connectivity index (χ1) is 50.1. The Balaban J connectivity index is 1.55. The maximum absolute atomic E-state index is 13.4. The number of hydrogen-bond acceptors (Lipinski definition) is 13. The van der Waals surface area contributed by atoms with E-state index in [-0.39, 0.29) is 12.5 Å². The SMILES string of the molecule is CC/C=C\C/C=C\C/C=C\C/C=C\C/C=C\C/C=C\CCCCCCCCCCCCCCCCCCCCCCCCC(=O)NC(COC1OC(CO)C(OC2OC(CO)C(O)C(O)C2O)C(O)C1O)C(O)CCCCCCCCCCCCCCCCCCCCCCCCCCCCC. The van der Waals surface area contributed by atoms with Gasteiger partial charge in [-0.2, -0.15) is 0 Å². The Morgan fingerprint density at radius 3 is 1.04 bits per heavy atom. The molecule has 12 atom stereocenters. The van der Waals surface area contributed by atoms with Crippen LogP contribution in [0, 0.1) is 0 Å². The van der Waals surface area contributed by atoms with Crippen molar-refractivity contribution in [3.05, 3.63) is 72.9 Å². The molecule has 2 aliphatic rings. The van der Waals surface area contributed by atoms with Crippen molar-refractivity contribution in [2.45, 2.75) is 460 Å². The lowest BCUT2D eigenvalue weighted by Crippen LogP contribution is -2.65. The van der Waals surface area contributed by atoms with Crippen LogP contribution in [-0.4, -0.2) is 140 Å². The molecule has 2 aliphatic heterocycles. The molecule has 1 amide bonds. The van der Waals surface area contributed by atoms with Gasteiger partial charge in [0, 0.05) is 6.42 Å². The van der Waals surface area contributed by atoms with E-state index in [2.05, 4.69) is 92.1 Å². The van der Waals surface area contributed by atoms with E-state index in [0.717, 1.165) is 89.9 Å². The molecule has 2 fully saturated rings. The van der Waals surface area contributed by atoms with Crippen LogP contribution in [0.2, 0.25) is 0 Å². The third-order valence-electron chi connectivity index (χ3n) is 20.9. The van der Waals surface area contributed by atoms with Crippen LogP contribution in [-0.2, 0) is 23.7 Å². The zero-order chi connectivity index (χ0) is 73.7. The predicted octanol–water partition coefficient (Wildman–Crippen LogP) is 20.5. The van der Waals surface area contributed by atoms with Gasteiger partial charge < -0.3 is 65.1 Å². The molecule has 0 aromatic rings. The van der Waals surface area contributed by atoms with Crippen LogP contribution < -0.4 is 5.32 Å². The van der Waals surface area contributed by atoms with Gasteiger partial charge in [0.2, 0.25) is 5.91 Å². The van der Waals surface area contributed by atoms with Crippen molar-refractivity contribution in [3.8, 4) is 0 Å². The first kappa shape index (κ1) is 95.5. The molecule has 0 bridgehead atoms. The highest BCUT2D eigenvalue weighted by Crippen LogP contribution is 2.31. The lowest BCUT2D eigenvalue weighted by atomic mass is 9.97. The molecule has 12 unspecified atom stereocenters. The Kier molecular flexibility index (Phi) is 66.8. The maximum atomic E-state index is 13.4. The van der Waals surface area contributed by atoms with E-state index in [0.29, 0.717) is 12.8 Å². The normalized spacial score (nSPS) is 22.0. The molecular weight excluding hydrogens is 1280 g/mol. The van der Waals surface area contributed by atoms with Crippen molar-refractivity contribution in [1.82, 2.24) is 5.32 Å². The van der Waals surface area contributed by atoms with Gasteiger partial charge >= 0.3 is 0 Å². The number of carbonyl (C=O) groups is 1. The van der Waals surface area contributed by atoms with Gasteiger partial charge in [-0.25, -0.2) is 0 Å². The number of amides is 1. The van der Waals surface area contributed by atoms with Crippen LogP contribution in [0.4, 0.5) is 0 Å². The smallest absolute Gasteiger partial charge is 0.220 e. The number of hydrogen-bond donors (Lipinski definition) is 9. The molecule has 102 heavy (non-hydrogen) atoms. The van der Waals surface area contributed by atoms with Crippen molar-refractivity contribution < 1.29 is 64.6 Å². The minimum absolute atomic E-state index is 0.199. The molecule has 0 aliphatic carbocycles. The Morgan fingerprint density at radius 2 is 0.676 bits per heavy atom. The fourth-order valence-electron chi connectivity index (χ4n) is 14.2. The minimum Gasteiger partial charge on any atom is -0.394 e. The molecule has 14 heteroatoms. The van der Waals surface area contributed by atoms with Crippen molar-refractivity contribution in [2.75, 3.05) is 19.8 Å². The van der Waals surface area contributed by atoms with Crippen molar-refractivity contribution in [1.29, 1.82) is 0 Å². The molecule has 0 aromatic carbocycles. The number of carbonyl (C=O) groups excluding carboxylic acids is 1. The van der Waals surface area contributed by atoms with Crippen molar-refractivity contribution in [3.63, 3.8) is 0 Å². The standard InChI is InChI=1S/C88H161NO13/c1-3-5-7-9-11-13-15-17-19-21-23-25-27-29-31-32-33-34-35-36-37-38-39-40-41-42-43-44-46-48-50-52-54-56-58-60-62-64-66-68-70-72-80(93)89-76(75-99-87-85(98)83(96)86(79(74-91)101-87)102-88-84(97)82(95)81(94)78(73-90)100-88)77(92)71-69-67-65-63-61-59-57-55-53-51-49-47-45-30-28-26-24-22-20-18-16-14-12-10-8-6-4-2/h5,7,11,13,17,19,23,25,29,31,33-34,76-79,81-88,90-92,94-98H,3-4,6,8-10,12,14-16,18,20-22,24,26-28,30,32,35-75H2,1-2H3,(H,89,93)/b7-5-,13-11-,19-17-,25-23-,31-29-,34-33-. The first-order valence-electron chi connectivity index (χ1n) is 43.2. The highest BCUT2D eigenvalue weighted by atomic mass is 16.7. The van der Waals surface area contributed by atoms with Gasteiger partial charge in [0.15, 0.2) is 12.6 Å². The molecule has 0 saturated carbocycles. The topological polar surface area (TPSA) is 228 Å². The Morgan fingerprint density at radius 1 is 0.363 bits per heavy atom. The molecule has 0 aromatic heterocycles. The van der Waals surface area contributed by atoms with E-state index in [9.17, 15) is 45.6 Å². The van der Waals surface area contributed by atoms with Gasteiger partial charge in [-0.05, 0) is 64.2 Å². The molecule has 2 saturated heterocycles. The van der Waals surface area contributed by atoms with E-state index in [1.807, 2.05) is 0 Å². The number of nitrogens with one attached hydrogen (secondary N) is 1. The summed E-state index contributed by atoms with van der Waals surface area (Å²) in [5, 5.41) is 88.0. The summed E-state index contributed by atoms with van der Waals surface area (Å²) in [6.07, 6.45) is 82.5. The van der Waals surface area contributed by atoms with E-state index < -0.39 is 86.8 Å². The number of unbranched alkanes of at least 4 members (excludes halogenated alkanes) is 48. The first-order valence-corrected chi connectivity index (χ1v) is 43.2. The second kappa shape index (κ2) is 71.4. The summed E-state index contributed by atoms with van der Waals surface area (Å²) >= 11 is 0. The molecule has 14 nitrogen and oxygen atoms in total. The van der Waals surface area contributed by atoms with Crippen LogP contribution in [0.15, 0.2) is 72.9 Å². The largest absolute Gasteiger partial charge is 0.394 e. The van der Waals surface area contributed by atoms with Crippen LogP contribution in [0.25, 0.3) is 0 Å². The third kappa shape index (κ3) is 53.3. The average Bonchev–Trinajstić information content (AvgIpc) is 0.790. The fourth-order valence-corrected chi connectivity index (χ4v) is 14.2. The molecule has 9 N–H and O–H groups in total. The third-order valence-corrected chi connectivity index (χ3v) is 20.9. The van der Waals surface area contributed by atoms with E-state index in [1.165, 1.54) is 270 Å². The van der Waals surface area contributed by atoms with Crippen LogP contribution >= 0.6 is 0 Å². The summed E-state index contributed by atoms with van der Waals surface area (Å²) in [5.41, 5.74) is 0. The van der Waals surface area contributed by atoms with Crippen molar-refractivity contribution >= 4 is 5.91 Å². The average molecular weight is 1440 g/mol. The van der Waals surface area contributed by atoms with Gasteiger partial charge in [0.05, 0.1) is 32.0 Å². The van der Waals surface area contributed by atoms with E-state index >= 15 is 0 Å². The summed E-state index contributed by atoms with van der Waals surface area (Å²) in [5.74, 6) is -0.199. The van der Waals surface area contributed by atoms with Gasteiger partial charge in [-0.3, -0.25) is 4.79 Å². The number of rotatable bonds is 73. The van der Waals surface area contributed by atoms with Crippen molar-refractivity contribution in [2.24, 2.45) is 0 Å². The number of allylic oxidation sites excluding steroid dienone is 12. The van der Waals surface area contributed by atoms with Gasteiger partial charge in [-0.15, -0.1) is 0 Å². The second-order valence-electron chi connectivity index (χ2n) is 30.3. The number of aliphatic hydroxyl groups is 8.